The lowest BCUT2D eigenvalue weighted by atomic mass is 10.1. The highest BCUT2D eigenvalue weighted by Gasteiger charge is 2.31. The monoisotopic (exact) mass is 559 g/mol. The van der Waals surface area contributed by atoms with E-state index >= 15 is 0 Å². The zero-order valence-electron chi connectivity index (χ0n) is 21.0. The Hall–Kier alpha value is -2.69. The Morgan fingerprint density at radius 3 is 2.17 bits per heavy atom. The first kappa shape index (κ1) is 29.5. The van der Waals surface area contributed by atoms with E-state index in [4.69, 9.17) is 32.7 Å². The summed E-state index contributed by atoms with van der Waals surface area (Å²) in [6, 6.07) is 8.24. The van der Waals surface area contributed by atoms with Crippen LogP contribution in [0.1, 0.15) is 26.3 Å². The van der Waals surface area contributed by atoms with Gasteiger partial charge in [0.25, 0.3) is 0 Å². The number of carbonyl (C=O) groups excluding carboxylic acids is 2. The van der Waals surface area contributed by atoms with Crippen molar-refractivity contribution in [2.45, 2.75) is 39.4 Å². The lowest BCUT2D eigenvalue weighted by Crippen LogP contribution is -2.52. The third kappa shape index (κ3) is 7.65. The maximum Gasteiger partial charge on any atom is 0.244 e. The molecular weight excluding hydrogens is 529 g/mol. The third-order valence-corrected chi connectivity index (χ3v) is 7.02. The van der Waals surface area contributed by atoms with E-state index in [2.05, 4.69) is 5.32 Å². The Morgan fingerprint density at radius 1 is 1.00 bits per heavy atom. The minimum absolute atomic E-state index is 0.0367. The van der Waals surface area contributed by atoms with Gasteiger partial charge in [0.2, 0.25) is 21.8 Å². The second-order valence-corrected chi connectivity index (χ2v) is 11.2. The normalized spacial score (nSPS) is 12.1. The number of anilines is 1. The summed E-state index contributed by atoms with van der Waals surface area (Å²) in [5, 5.41) is 3.52. The van der Waals surface area contributed by atoms with Gasteiger partial charge in [-0.1, -0.05) is 29.3 Å². The van der Waals surface area contributed by atoms with Crippen molar-refractivity contribution in [3.63, 3.8) is 0 Å². The van der Waals surface area contributed by atoms with Crippen LogP contribution in [0.2, 0.25) is 10.0 Å². The molecule has 2 amide bonds. The molecule has 0 unspecified atom stereocenters. The fourth-order valence-corrected chi connectivity index (χ4v) is 4.72. The smallest absolute Gasteiger partial charge is 0.244 e. The van der Waals surface area contributed by atoms with Crippen molar-refractivity contribution in [3.8, 4) is 11.5 Å². The summed E-state index contributed by atoms with van der Waals surface area (Å²) in [4.78, 5) is 27.7. The van der Waals surface area contributed by atoms with Crippen LogP contribution >= 0.6 is 23.2 Å². The van der Waals surface area contributed by atoms with E-state index in [1.54, 1.807) is 39.0 Å². The molecule has 2 aromatic carbocycles. The number of hydrogen-bond acceptors (Lipinski definition) is 6. The zero-order valence-corrected chi connectivity index (χ0v) is 23.4. The van der Waals surface area contributed by atoms with Gasteiger partial charge < -0.3 is 19.7 Å². The van der Waals surface area contributed by atoms with Gasteiger partial charge in [0.1, 0.15) is 12.6 Å². The highest BCUT2D eigenvalue weighted by atomic mass is 35.5. The Balaban J connectivity index is 2.47. The van der Waals surface area contributed by atoms with Crippen LogP contribution in [0.4, 0.5) is 5.69 Å². The summed E-state index contributed by atoms with van der Waals surface area (Å²) in [5.74, 6) is -0.294. The molecule has 1 atom stereocenters. The summed E-state index contributed by atoms with van der Waals surface area (Å²) in [6.45, 7) is 4.58. The Labute approximate surface area is 222 Å². The molecule has 0 aliphatic carbocycles. The number of hydrogen-bond donors (Lipinski definition) is 1. The van der Waals surface area contributed by atoms with Crippen molar-refractivity contribution < 1.29 is 27.5 Å². The molecular formula is C24H31Cl2N3O6S. The van der Waals surface area contributed by atoms with Crippen LogP contribution in [-0.4, -0.2) is 64.2 Å². The van der Waals surface area contributed by atoms with Gasteiger partial charge >= 0.3 is 0 Å². The lowest BCUT2D eigenvalue weighted by Gasteiger charge is -2.32. The molecule has 2 aromatic rings. The molecule has 0 radical (unpaired) electrons. The molecule has 0 heterocycles. The van der Waals surface area contributed by atoms with Gasteiger partial charge in [0.05, 0.1) is 26.2 Å². The van der Waals surface area contributed by atoms with Gasteiger partial charge in [0, 0.05) is 28.7 Å². The van der Waals surface area contributed by atoms with E-state index in [-0.39, 0.29) is 24.2 Å². The maximum atomic E-state index is 13.6. The molecule has 12 heteroatoms. The Kier molecular flexibility index (Phi) is 10.3. The fourth-order valence-electron chi connectivity index (χ4n) is 3.41. The summed E-state index contributed by atoms with van der Waals surface area (Å²) < 4.78 is 36.9. The largest absolute Gasteiger partial charge is 0.493 e. The number of methoxy groups -OCH3 is 2. The van der Waals surface area contributed by atoms with E-state index in [0.29, 0.717) is 27.1 Å². The van der Waals surface area contributed by atoms with Crippen LogP contribution in [0.5, 0.6) is 11.5 Å². The zero-order chi connectivity index (χ0) is 27.2. The predicted molar refractivity (Wildman–Crippen MR) is 141 cm³/mol. The van der Waals surface area contributed by atoms with Crippen LogP contribution in [0.25, 0.3) is 0 Å². The number of sulfonamides is 1. The van der Waals surface area contributed by atoms with Crippen molar-refractivity contribution in [1.29, 1.82) is 0 Å². The molecule has 0 bridgehead atoms. The minimum Gasteiger partial charge on any atom is -0.493 e. The molecule has 0 saturated carbocycles. The number of nitrogens with one attached hydrogen (secondary N) is 1. The number of nitrogens with zero attached hydrogens (tertiary/aromatic N) is 2. The first-order chi connectivity index (χ1) is 16.8. The maximum absolute atomic E-state index is 13.6. The summed E-state index contributed by atoms with van der Waals surface area (Å²) in [5.41, 5.74) is 0.753. The molecule has 0 aliphatic heterocycles. The minimum atomic E-state index is -3.90. The molecule has 2 rings (SSSR count). The van der Waals surface area contributed by atoms with E-state index in [1.165, 1.54) is 37.3 Å². The molecule has 9 nitrogen and oxygen atoms in total. The predicted octanol–water partition coefficient (Wildman–Crippen LogP) is 3.72. The van der Waals surface area contributed by atoms with Crippen molar-refractivity contribution in [1.82, 2.24) is 10.2 Å². The van der Waals surface area contributed by atoms with Crippen molar-refractivity contribution in [2.75, 3.05) is 31.3 Å². The highest BCUT2D eigenvalue weighted by Crippen LogP contribution is 2.32. The van der Waals surface area contributed by atoms with Crippen LogP contribution in [-0.2, 0) is 26.2 Å². The summed E-state index contributed by atoms with van der Waals surface area (Å²) in [6.07, 6.45) is 0.992. The average molecular weight is 561 g/mol. The average Bonchev–Trinajstić information content (AvgIpc) is 2.79. The number of ether oxygens (including phenoxy) is 2. The molecule has 0 saturated heterocycles. The SMILES string of the molecule is COc1ccc(N(CC(=O)N(Cc2ccc(Cl)cc2Cl)[C@H](C)C(=O)NC(C)C)S(C)(=O)=O)cc1OC. The summed E-state index contributed by atoms with van der Waals surface area (Å²) in [7, 11) is -1.02. The molecule has 0 aliphatic rings. The number of carbonyl (C=O) groups is 2. The highest BCUT2D eigenvalue weighted by molar-refractivity contribution is 7.92. The van der Waals surface area contributed by atoms with Gasteiger partial charge in [-0.15, -0.1) is 0 Å². The number of benzene rings is 2. The molecule has 198 valence electrons. The van der Waals surface area contributed by atoms with E-state index in [1.807, 2.05) is 0 Å². The second kappa shape index (κ2) is 12.5. The van der Waals surface area contributed by atoms with Crippen molar-refractivity contribution in [3.05, 3.63) is 52.0 Å². The standard InChI is InChI=1S/C24H31Cl2N3O6S/c1-15(2)27-24(31)16(3)28(13-17-7-8-18(25)11-20(17)26)23(30)14-29(36(6,32)33)19-9-10-21(34-4)22(12-19)35-5/h7-12,15-16H,13-14H2,1-6H3,(H,27,31)/t16-/m1/s1. The molecule has 36 heavy (non-hydrogen) atoms. The summed E-state index contributed by atoms with van der Waals surface area (Å²) >= 11 is 12.3. The fraction of sp³-hybridized carbons (Fsp3) is 0.417. The first-order valence-corrected chi connectivity index (χ1v) is 13.6. The number of amides is 2. The van der Waals surface area contributed by atoms with Crippen molar-refractivity contribution >= 4 is 50.7 Å². The van der Waals surface area contributed by atoms with E-state index < -0.39 is 28.5 Å². The Morgan fingerprint density at radius 2 is 1.64 bits per heavy atom. The topological polar surface area (TPSA) is 105 Å². The Bertz CT molecular complexity index is 1210. The molecule has 0 spiro atoms. The lowest BCUT2D eigenvalue weighted by molar-refractivity contribution is -0.139. The first-order valence-electron chi connectivity index (χ1n) is 11.0. The molecule has 0 aromatic heterocycles. The van der Waals surface area contributed by atoms with Crippen LogP contribution < -0.4 is 19.1 Å². The van der Waals surface area contributed by atoms with Gasteiger partial charge in [-0.25, -0.2) is 8.42 Å². The number of halogens is 2. The van der Waals surface area contributed by atoms with Gasteiger partial charge in [-0.05, 0) is 50.6 Å². The molecule has 0 fully saturated rings. The van der Waals surface area contributed by atoms with Crippen LogP contribution in [0.15, 0.2) is 36.4 Å². The van der Waals surface area contributed by atoms with Gasteiger partial charge in [0.15, 0.2) is 11.5 Å². The van der Waals surface area contributed by atoms with Crippen LogP contribution in [0.3, 0.4) is 0 Å². The van der Waals surface area contributed by atoms with E-state index in [0.717, 1.165) is 10.6 Å². The quantitative estimate of drug-likeness (QED) is 0.449. The third-order valence-electron chi connectivity index (χ3n) is 5.29. The van der Waals surface area contributed by atoms with Gasteiger partial charge in [-0.2, -0.15) is 0 Å². The van der Waals surface area contributed by atoms with Gasteiger partial charge in [-0.3, -0.25) is 13.9 Å². The molecule has 1 N–H and O–H groups in total. The van der Waals surface area contributed by atoms with Crippen LogP contribution in [0, 0.1) is 0 Å². The second-order valence-electron chi connectivity index (χ2n) is 8.41. The van der Waals surface area contributed by atoms with Crippen molar-refractivity contribution in [2.24, 2.45) is 0 Å². The van der Waals surface area contributed by atoms with E-state index in [9.17, 15) is 18.0 Å². The number of rotatable bonds is 11.